The molecule has 1 nitrogen and oxygen atoms in total. The number of rotatable bonds is 7. The predicted molar refractivity (Wildman–Crippen MR) is 233 cm³/mol. The first-order valence-electron chi connectivity index (χ1n) is 18.4. The molecule has 10 aromatic rings. The average molecular weight is 706 g/mol. The molecule has 0 saturated carbocycles. The molecule has 0 atom stereocenters. The van der Waals surface area contributed by atoms with Crippen molar-refractivity contribution in [1.29, 1.82) is 0 Å². The quantitative estimate of drug-likeness (QED) is 0.160. The fourth-order valence-electron chi connectivity index (χ4n) is 7.83. The van der Waals surface area contributed by atoms with Crippen LogP contribution in [0.1, 0.15) is 0 Å². The Labute approximate surface area is 319 Å². The Morgan fingerprint density at radius 3 is 1.44 bits per heavy atom. The molecule has 54 heavy (non-hydrogen) atoms. The molecule has 0 radical (unpaired) electrons. The van der Waals surface area contributed by atoms with E-state index in [0.717, 1.165) is 17.1 Å². The maximum atomic E-state index is 2.42. The van der Waals surface area contributed by atoms with E-state index in [-0.39, 0.29) is 0 Å². The summed E-state index contributed by atoms with van der Waals surface area (Å²) >= 11 is 1.89. The van der Waals surface area contributed by atoms with Gasteiger partial charge in [-0.25, -0.2) is 0 Å². The van der Waals surface area contributed by atoms with Gasteiger partial charge in [-0.05, 0) is 80.7 Å². The monoisotopic (exact) mass is 705 g/mol. The highest BCUT2D eigenvalue weighted by Crippen LogP contribution is 2.47. The number of nitrogens with zero attached hydrogens (tertiary/aromatic N) is 1. The van der Waals surface area contributed by atoms with E-state index >= 15 is 0 Å². The van der Waals surface area contributed by atoms with Crippen molar-refractivity contribution in [3.05, 3.63) is 212 Å². The van der Waals surface area contributed by atoms with Crippen molar-refractivity contribution in [1.82, 2.24) is 0 Å². The van der Waals surface area contributed by atoms with E-state index in [1.54, 1.807) is 0 Å². The van der Waals surface area contributed by atoms with Gasteiger partial charge in [-0.3, -0.25) is 0 Å². The third-order valence-electron chi connectivity index (χ3n) is 10.5. The van der Waals surface area contributed by atoms with Crippen LogP contribution in [-0.4, -0.2) is 0 Å². The van der Waals surface area contributed by atoms with Gasteiger partial charge in [0.1, 0.15) is 0 Å². The first-order valence-corrected chi connectivity index (χ1v) is 19.2. The lowest BCUT2D eigenvalue weighted by molar-refractivity contribution is 1.29. The molecule has 10 rings (SSSR count). The van der Waals surface area contributed by atoms with E-state index in [0.29, 0.717) is 0 Å². The molecule has 0 aliphatic rings. The zero-order valence-electron chi connectivity index (χ0n) is 29.6. The lowest BCUT2D eigenvalue weighted by atomic mass is 9.95. The first kappa shape index (κ1) is 32.0. The highest BCUT2D eigenvalue weighted by atomic mass is 32.1. The number of anilines is 3. The van der Waals surface area contributed by atoms with Crippen LogP contribution in [0.2, 0.25) is 0 Å². The molecule has 1 aromatic heterocycles. The molecule has 1 heterocycles. The zero-order chi connectivity index (χ0) is 35.8. The molecular weight excluding hydrogens is 671 g/mol. The van der Waals surface area contributed by atoms with E-state index in [4.69, 9.17) is 0 Å². The molecule has 0 saturated heterocycles. The van der Waals surface area contributed by atoms with Crippen molar-refractivity contribution in [3.63, 3.8) is 0 Å². The highest BCUT2D eigenvalue weighted by Gasteiger charge is 2.20. The summed E-state index contributed by atoms with van der Waals surface area (Å²) < 4.78 is 2.60. The standard InChI is InChI=1S/C52H35NS/c1-4-14-36(15-5-1)38-24-26-41(27-25-38)44-20-12-13-23-50(44)53(42-30-28-39(29-31-42)37-16-6-2-7-17-37)43-32-33-46-49-35-48(40-18-8-3-9-19-40)45-21-10-11-22-47(45)52(49)54-51(46)34-43/h1-35H. The van der Waals surface area contributed by atoms with E-state index < -0.39 is 0 Å². The minimum atomic E-state index is 1.11. The Kier molecular flexibility index (Phi) is 8.09. The van der Waals surface area contributed by atoms with Gasteiger partial charge < -0.3 is 4.90 Å². The number of hydrogen-bond donors (Lipinski definition) is 0. The van der Waals surface area contributed by atoms with Crippen LogP contribution in [0, 0.1) is 0 Å². The fraction of sp³-hybridized carbons (Fsp3) is 0. The predicted octanol–water partition coefficient (Wildman–Crippen LogP) is 15.3. The van der Waals surface area contributed by atoms with Gasteiger partial charge in [0.2, 0.25) is 0 Å². The van der Waals surface area contributed by atoms with Crippen LogP contribution < -0.4 is 4.90 Å². The van der Waals surface area contributed by atoms with Crippen molar-refractivity contribution < 1.29 is 0 Å². The molecule has 0 spiro atoms. The number of hydrogen-bond acceptors (Lipinski definition) is 2. The Balaban J connectivity index is 1.14. The summed E-state index contributed by atoms with van der Waals surface area (Å²) in [6, 6.07) is 77.0. The van der Waals surface area contributed by atoms with Gasteiger partial charge in [0, 0.05) is 42.5 Å². The summed E-state index contributed by atoms with van der Waals surface area (Å²) in [5, 5.41) is 5.17. The molecule has 254 valence electrons. The number of thiophene rings is 1. The smallest absolute Gasteiger partial charge is 0.0540 e. The van der Waals surface area contributed by atoms with Crippen LogP contribution >= 0.6 is 11.3 Å². The van der Waals surface area contributed by atoms with Crippen LogP contribution in [0.5, 0.6) is 0 Å². The minimum absolute atomic E-state index is 1.11. The second kappa shape index (κ2) is 13.7. The molecule has 0 aliphatic heterocycles. The van der Waals surface area contributed by atoms with Crippen LogP contribution in [0.4, 0.5) is 17.1 Å². The van der Waals surface area contributed by atoms with E-state index in [1.807, 2.05) is 11.3 Å². The summed E-state index contributed by atoms with van der Waals surface area (Å²) in [6.45, 7) is 0. The zero-order valence-corrected chi connectivity index (χ0v) is 30.4. The Bertz CT molecular complexity index is 2890. The Morgan fingerprint density at radius 1 is 0.296 bits per heavy atom. The number of fused-ring (bicyclic) bond motifs is 5. The minimum Gasteiger partial charge on any atom is -0.310 e. The number of para-hydroxylation sites is 1. The molecular formula is C52H35NS. The lowest BCUT2D eigenvalue weighted by Crippen LogP contribution is -2.11. The van der Waals surface area contributed by atoms with Crippen molar-refractivity contribution in [2.45, 2.75) is 0 Å². The summed E-state index contributed by atoms with van der Waals surface area (Å²) in [5.74, 6) is 0. The third kappa shape index (κ3) is 5.74. The summed E-state index contributed by atoms with van der Waals surface area (Å²) in [4.78, 5) is 2.42. The van der Waals surface area contributed by atoms with Crippen LogP contribution in [0.15, 0.2) is 212 Å². The van der Waals surface area contributed by atoms with Gasteiger partial charge in [-0.1, -0.05) is 176 Å². The van der Waals surface area contributed by atoms with Crippen molar-refractivity contribution in [2.75, 3.05) is 4.90 Å². The molecule has 0 unspecified atom stereocenters. The van der Waals surface area contributed by atoms with Crippen molar-refractivity contribution in [2.24, 2.45) is 0 Å². The van der Waals surface area contributed by atoms with Gasteiger partial charge in [-0.15, -0.1) is 11.3 Å². The van der Waals surface area contributed by atoms with Gasteiger partial charge in [-0.2, -0.15) is 0 Å². The molecule has 0 N–H and O–H groups in total. The van der Waals surface area contributed by atoms with Gasteiger partial charge in [0.25, 0.3) is 0 Å². The van der Waals surface area contributed by atoms with Gasteiger partial charge in [0.15, 0.2) is 0 Å². The number of benzene rings is 9. The maximum absolute atomic E-state index is 2.42. The van der Waals surface area contributed by atoms with Crippen molar-refractivity contribution >= 4 is 59.3 Å². The van der Waals surface area contributed by atoms with Crippen LogP contribution in [0.3, 0.4) is 0 Å². The van der Waals surface area contributed by atoms with Gasteiger partial charge >= 0.3 is 0 Å². The third-order valence-corrected chi connectivity index (χ3v) is 11.7. The van der Waals surface area contributed by atoms with Crippen LogP contribution in [-0.2, 0) is 0 Å². The van der Waals surface area contributed by atoms with Crippen molar-refractivity contribution in [3.8, 4) is 44.5 Å². The Hall–Kier alpha value is -6.74. The highest BCUT2D eigenvalue weighted by molar-refractivity contribution is 7.26. The normalized spacial score (nSPS) is 11.3. The van der Waals surface area contributed by atoms with E-state index in [9.17, 15) is 0 Å². The fourth-order valence-corrected chi connectivity index (χ4v) is 9.08. The SMILES string of the molecule is c1ccc(-c2ccc(-c3ccccc3N(c3ccc(-c4ccccc4)cc3)c3ccc4c(c3)sc3c5ccccc5c(-c5ccccc5)cc43)cc2)cc1. The van der Waals surface area contributed by atoms with Gasteiger partial charge in [0.05, 0.1) is 5.69 Å². The maximum Gasteiger partial charge on any atom is 0.0540 e. The van der Waals surface area contributed by atoms with E-state index in [1.165, 1.54) is 75.5 Å². The molecule has 9 aromatic carbocycles. The lowest BCUT2D eigenvalue weighted by Gasteiger charge is -2.28. The molecule has 0 aliphatic carbocycles. The van der Waals surface area contributed by atoms with Crippen LogP contribution in [0.25, 0.3) is 75.5 Å². The summed E-state index contributed by atoms with van der Waals surface area (Å²) in [6.07, 6.45) is 0. The van der Waals surface area contributed by atoms with E-state index in [2.05, 4.69) is 217 Å². The molecule has 0 bridgehead atoms. The second-order valence-electron chi connectivity index (χ2n) is 13.7. The molecule has 0 fully saturated rings. The largest absolute Gasteiger partial charge is 0.310 e. The average Bonchev–Trinajstić information content (AvgIpc) is 3.63. The first-order chi connectivity index (χ1) is 26.8. The summed E-state index contributed by atoms with van der Waals surface area (Å²) in [5.41, 5.74) is 13.1. The molecule has 0 amide bonds. The topological polar surface area (TPSA) is 3.24 Å². The Morgan fingerprint density at radius 2 is 0.778 bits per heavy atom. The molecule has 2 heteroatoms. The summed E-state index contributed by atoms with van der Waals surface area (Å²) in [7, 11) is 0. The second-order valence-corrected chi connectivity index (χ2v) is 14.8.